The Kier molecular flexibility index (Phi) is 5.65. The van der Waals surface area contributed by atoms with Crippen molar-refractivity contribution in [3.8, 4) is 5.75 Å². The maximum Gasteiger partial charge on any atom is 0.229 e. The van der Waals surface area contributed by atoms with E-state index in [-0.39, 0.29) is 11.7 Å². The van der Waals surface area contributed by atoms with E-state index in [1.807, 2.05) is 36.4 Å². The minimum absolute atomic E-state index is 0.0820. The largest absolute Gasteiger partial charge is 0.497 e. The minimum Gasteiger partial charge on any atom is -0.497 e. The molecule has 3 aromatic rings. The average molecular weight is 402 g/mol. The van der Waals surface area contributed by atoms with Gasteiger partial charge in [-0.2, -0.15) is 4.98 Å². The highest BCUT2D eigenvalue weighted by Crippen LogP contribution is 2.32. The minimum atomic E-state index is 0.0820. The molecule has 1 aliphatic rings. The summed E-state index contributed by atoms with van der Waals surface area (Å²) in [5, 5.41) is 6.59. The summed E-state index contributed by atoms with van der Waals surface area (Å²) in [6.07, 6.45) is 2.26. The molecule has 6 nitrogen and oxygen atoms in total. The smallest absolute Gasteiger partial charge is 0.229 e. The predicted octanol–water partition coefficient (Wildman–Crippen LogP) is 5.30. The van der Waals surface area contributed by atoms with Gasteiger partial charge in [0.15, 0.2) is 5.78 Å². The normalized spacial score (nSPS) is 15.4. The molecule has 1 atom stereocenters. The highest BCUT2D eigenvalue weighted by Gasteiger charge is 2.28. The van der Waals surface area contributed by atoms with E-state index < -0.39 is 0 Å². The van der Waals surface area contributed by atoms with Crippen LogP contribution < -0.4 is 15.4 Å². The predicted molar refractivity (Wildman–Crippen MR) is 119 cm³/mol. The van der Waals surface area contributed by atoms with Crippen LogP contribution in [0.5, 0.6) is 5.75 Å². The van der Waals surface area contributed by atoms with Crippen LogP contribution in [0.25, 0.3) is 0 Å². The number of ether oxygens (including phenoxy) is 1. The van der Waals surface area contributed by atoms with Crippen molar-refractivity contribution in [1.29, 1.82) is 0 Å². The molecule has 4 rings (SSSR count). The molecule has 0 aliphatic heterocycles. The Morgan fingerprint density at radius 2 is 1.63 bits per heavy atom. The van der Waals surface area contributed by atoms with Crippen molar-refractivity contribution < 1.29 is 9.53 Å². The van der Waals surface area contributed by atoms with Crippen LogP contribution in [0.3, 0.4) is 0 Å². The van der Waals surface area contributed by atoms with Crippen LogP contribution in [0.15, 0.2) is 48.5 Å². The van der Waals surface area contributed by atoms with Crippen LogP contribution in [-0.4, -0.2) is 22.9 Å². The molecular weight excluding hydrogens is 376 g/mol. The molecule has 0 radical (unpaired) electrons. The van der Waals surface area contributed by atoms with Crippen LogP contribution in [0.4, 0.5) is 23.1 Å². The lowest BCUT2D eigenvalue weighted by molar-refractivity contribution is 0.0953. The van der Waals surface area contributed by atoms with E-state index in [4.69, 9.17) is 4.74 Å². The van der Waals surface area contributed by atoms with Crippen molar-refractivity contribution >= 4 is 28.9 Å². The molecule has 1 heterocycles. The van der Waals surface area contributed by atoms with Crippen LogP contribution in [0, 0.1) is 5.92 Å². The molecular formula is C24H26N4O2. The topological polar surface area (TPSA) is 76.1 Å². The van der Waals surface area contributed by atoms with Crippen LogP contribution in [0.2, 0.25) is 0 Å². The fourth-order valence-corrected chi connectivity index (χ4v) is 3.68. The SMILES string of the molecule is CCc1ccc(Nc2nc3c(c(Nc4ccc(OC)cc4)n2)C(=O)CC(C)C3)cc1. The number of methoxy groups -OCH3 is 1. The molecule has 0 saturated carbocycles. The molecule has 30 heavy (non-hydrogen) atoms. The summed E-state index contributed by atoms with van der Waals surface area (Å²) in [7, 11) is 1.63. The van der Waals surface area contributed by atoms with Gasteiger partial charge in [0.05, 0.1) is 18.4 Å². The van der Waals surface area contributed by atoms with Crippen LogP contribution in [0.1, 0.15) is 41.9 Å². The van der Waals surface area contributed by atoms with Crippen molar-refractivity contribution in [2.75, 3.05) is 17.7 Å². The van der Waals surface area contributed by atoms with Crippen molar-refractivity contribution in [2.45, 2.75) is 33.1 Å². The number of hydrogen-bond donors (Lipinski definition) is 2. The number of anilines is 4. The van der Waals surface area contributed by atoms with E-state index in [9.17, 15) is 4.79 Å². The molecule has 1 unspecified atom stereocenters. The summed E-state index contributed by atoms with van der Waals surface area (Å²) in [5.41, 5.74) is 4.40. The van der Waals surface area contributed by atoms with Gasteiger partial charge >= 0.3 is 0 Å². The lowest BCUT2D eigenvalue weighted by Crippen LogP contribution is -2.22. The number of carbonyl (C=O) groups excluding carboxylic acids is 1. The average Bonchev–Trinajstić information content (AvgIpc) is 2.74. The van der Waals surface area contributed by atoms with E-state index in [1.54, 1.807) is 7.11 Å². The van der Waals surface area contributed by atoms with Gasteiger partial charge in [0.25, 0.3) is 0 Å². The number of fused-ring (bicyclic) bond motifs is 1. The third kappa shape index (κ3) is 4.27. The summed E-state index contributed by atoms with van der Waals surface area (Å²) < 4.78 is 5.22. The van der Waals surface area contributed by atoms with Crippen molar-refractivity contribution in [3.63, 3.8) is 0 Å². The zero-order chi connectivity index (χ0) is 21.1. The number of aromatic nitrogens is 2. The number of nitrogens with one attached hydrogen (secondary N) is 2. The van der Waals surface area contributed by atoms with Gasteiger partial charge in [-0.25, -0.2) is 4.98 Å². The van der Waals surface area contributed by atoms with Gasteiger partial charge in [0.2, 0.25) is 5.95 Å². The third-order valence-corrected chi connectivity index (χ3v) is 5.31. The molecule has 2 N–H and O–H groups in total. The molecule has 0 spiro atoms. The summed E-state index contributed by atoms with van der Waals surface area (Å²) >= 11 is 0. The van der Waals surface area contributed by atoms with Gasteiger partial charge < -0.3 is 15.4 Å². The Balaban J connectivity index is 1.69. The summed E-state index contributed by atoms with van der Waals surface area (Å²) in [6, 6.07) is 15.8. The highest BCUT2D eigenvalue weighted by molar-refractivity contribution is 6.03. The number of ketones is 1. The second-order valence-corrected chi connectivity index (χ2v) is 7.68. The summed E-state index contributed by atoms with van der Waals surface area (Å²) in [5.74, 6) is 2.14. The van der Waals surface area contributed by atoms with E-state index in [1.165, 1.54) is 5.56 Å². The van der Waals surface area contributed by atoms with Crippen molar-refractivity contribution in [3.05, 3.63) is 65.4 Å². The third-order valence-electron chi connectivity index (χ3n) is 5.31. The number of rotatable bonds is 6. The second-order valence-electron chi connectivity index (χ2n) is 7.68. The monoisotopic (exact) mass is 402 g/mol. The number of Topliss-reactive ketones (excluding diaryl/α,β-unsaturated/α-hetero) is 1. The standard InChI is InChI=1S/C24H26N4O2/c1-4-16-5-7-18(8-6-16)26-24-27-20-13-15(2)14-21(29)22(20)23(28-24)25-17-9-11-19(30-3)12-10-17/h5-12,15H,4,13-14H2,1-3H3,(H2,25,26,27,28). The molecule has 0 saturated heterocycles. The molecule has 0 amide bonds. The van der Waals surface area contributed by atoms with Gasteiger partial charge in [-0.15, -0.1) is 0 Å². The van der Waals surface area contributed by atoms with Crippen molar-refractivity contribution in [1.82, 2.24) is 9.97 Å². The lowest BCUT2D eigenvalue weighted by Gasteiger charge is -2.23. The van der Waals surface area contributed by atoms with Gasteiger partial charge in [-0.1, -0.05) is 26.0 Å². The Bertz CT molecular complexity index is 1050. The molecule has 6 heteroatoms. The number of aryl methyl sites for hydroxylation is 1. The summed E-state index contributed by atoms with van der Waals surface area (Å²) in [6.45, 7) is 4.21. The fraction of sp³-hybridized carbons (Fsp3) is 0.292. The number of hydrogen-bond acceptors (Lipinski definition) is 6. The van der Waals surface area contributed by atoms with Crippen molar-refractivity contribution in [2.24, 2.45) is 5.92 Å². The first-order valence-electron chi connectivity index (χ1n) is 10.3. The second kappa shape index (κ2) is 8.53. The Morgan fingerprint density at radius 1 is 0.967 bits per heavy atom. The quantitative estimate of drug-likeness (QED) is 0.583. The molecule has 1 aliphatic carbocycles. The first-order valence-corrected chi connectivity index (χ1v) is 10.3. The lowest BCUT2D eigenvalue weighted by atomic mass is 9.87. The van der Waals surface area contributed by atoms with Crippen LogP contribution in [-0.2, 0) is 12.8 Å². The molecule has 2 aromatic carbocycles. The number of nitrogens with zero attached hydrogens (tertiary/aromatic N) is 2. The first kappa shape index (κ1) is 19.9. The van der Waals surface area contributed by atoms with Gasteiger partial charge in [0, 0.05) is 17.8 Å². The van der Waals surface area contributed by atoms with Crippen LogP contribution >= 0.6 is 0 Å². The van der Waals surface area contributed by atoms with Gasteiger partial charge in [-0.3, -0.25) is 4.79 Å². The van der Waals surface area contributed by atoms with Gasteiger partial charge in [0.1, 0.15) is 11.6 Å². The Morgan fingerprint density at radius 3 is 2.30 bits per heavy atom. The molecule has 1 aromatic heterocycles. The van der Waals surface area contributed by atoms with E-state index in [0.29, 0.717) is 23.8 Å². The summed E-state index contributed by atoms with van der Waals surface area (Å²) in [4.78, 5) is 22.1. The Labute approximate surface area is 176 Å². The van der Waals surface area contributed by atoms with Gasteiger partial charge in [-0.05, 0) is 60.7 Å². The molecule has 0 fully saturated rings. The highest BCUT2D eigenvalue weighted by atomic mass is 16.5. The van der Waals surface area contributed by atoms with E-state index in [0.717, 1.165) is 35.7 Å². The number of benzene rings is 2. The van der Waals surface area contributed by atoms with E-state index in [2.05, 4.69) is 46.6 Å². The molecule has 0 bridgehead atoms. The fourth-order valence-electron chi connectivity index (χ4n) is 3.68. The zero-order valence-electron chi connectivity index (χ0n) is 17.5. The molecule has 154 valence electrons. The Hall–Kier alpha value is -3.41. The van der Waals surface area contributed by atoms with E-state index >= 15 is 0 Å². The maximum atomic E-state index is 12.8. The first-order chi connectivity index (χ1) is 14.6. The number of carbonyl (C=O) groups is 1. The maximum absolute atomic E-state index is 12.8. The zero-order valence-corrected chi connectivity index (χ0v) is 17.5.